The largest absolute Gasteiger partial charge is 0.506 e. The fourth-order valence-corrected chi connectivity index (χ4v) is 4.49. The molecule has 8 heteroatoms. The highest BCUT2D eigenvalue weighted by atomic mass is 16.5. The summed E-state index contributed by atoms with van der Waals surface area (Å²) in [5.41, 5.74) is 3.55. The molecule has 0 spiro atoms. The highest BCUT2D eigenvalue weighted by molar-refractivity contribution is 5.99. The van der Waals surface area contributed by atoms with Crippen LogP contribution in [0.1, 0.15) is 10.5 Å². The molecule has 0 bridgehead atoms. The Balaban J connectivity index is 1.46. The van der Waals surface area contributed by atoms with Crippen LogP contribution < -0.4 is 14.4 Å². The fourth-order valence-electron chi connectivity index (χ4n) is 4.49. The Morgan fingerprint density at radius 3 is 2.25 bits per heavy atom. The van der Waals surface area contributed by atoms with E-state index in [0.29, 0.717) is 48.9 Å². The molecule has 1 aliphatic rings. The van der Waals surface area contributed by atoms with E-state index in [-0.39, 0.29) is 11.7 Å². The third-order valence-electron chi connectivity index (χ3n) is 6.42. The zero-order valence-electron chi connectivity index (χ0n) is 20.3. The average Bonchev–Trinajstić information content (AvgIpc) is 3.39. The Bertz CT molecular complexity index is 1360. The minimum Gasteiger partial charge on any atom is -0.506 e. The summed E-state index contributed by atoms with van der Waals surface area (Å²) in [6.07, 6.45) is 1.88. The molecular weight excluding hydrogens is 456 g/mol. The van der Waals surface area contributed by atoms with Gasteiger partial charge < -0.3 is 24.4 Å². The van der Waals surface area contributed by atoms with E-state index in [0.717, 1.165) is 16.9 Å². The lowest BCUT2D eigenvalue weighted by Crippen LogP contribution is -2.49. The molecule has 2 heterocycles. The summed E-state index contributed by atoms with van der Waals surface area (Å²) in [6, 6.07) is 22.6. The molecule has 3 aromatic carbocycles. The van der Waals surface area contributed by atoms with Crippen LogP contribution in [0, 0.1) is 0 Å². The van der Waals surface area contributed by atoms with Crippen LogP contribution >= 0.6 is 0 Å². The number of nitrogens with zero attached hydrogens (tertiary/aromatic N) is 4. The highest BCUT2D eigenvalue weighted by Crippen LogP contribution is 2.34. The molecule has 0 radical (unpaired) electrons. The number of hydrogen-bond donors (Lipinski definition) is 1. The van der Waals surface area contributed by atoms with Gasteiger partial charge in [-0.2, -0.15) is 5.10 Å². The van der Waals surface area contributed by atoms with E-state index in [1.54, 1.807) is 31.0 Å². The Morgan fingerprint density at radius 1 is 0.861 bits per heavy atom. The number of hydrogen-bond acceptors (Lipinski definition) is 6. The van der Waals surface area contributed by atoms with Gasteiger partial charge in [-0.15, -0.1) is 0 Å². The van der Waals surface area contributed by atoms with Crippen LogP contribution in [0.25, 0.3) is 16.8 Å². The van der Waals surface area contributed by atoms with Crippen LogP contribution in [-0.2, 0) is 0 Å². The fraction of sp³-hybridized carbons (Fsp3) is 0.214. The van der Waals surface area contributed by atoms with Crippen molar-refractivity contribution < 1.29 is 19.4 Å². The van der Waals surface area contributed by atoms with Crippen molar-refractivity contribution in [3.63, 3.8) is 0 Å². The number of aromatic nitrogens is 2. The predicted molar refractivity (Wildman–Crippen MR) is 138 cm³/mol. The van der Waals surface area contributed by atoms with Gasteiger partial charge in [0, 0.05) is 37.9 Å². The van der Waals surface area contributed by atoms with Gasteiger partial charge in [0.15, 0.2) is 17.2 Å². The van der Waals surface area contributed by atoms with E-state index in [9.17, 15) is 9.90 Å². The van der Waals surface area contributed by atoms with Crippen molar-refractivity contribution in [2.24, 2.45) is 0 Å². The smallest absolute Gasteiger partial charge is 0.275 e. The summed E-state index contributed by atoms with van der Waals surface area (Å²) in [6.45, 7) is 2.29. The van der Waals surface area contributed by atoms with Crippen molar-refractivity contribution in [1.29, 1.82) is 0 Å². The van der Waals surface area contributed by atoms with Crippen LogP contribution in [-0.4, -0.2) is 66.1 Å². The standard InChI is InChI=1S/C28H28N4O4/c1-35-25-13-12-20(18-26(25)36-2)22-19-32(21-8-4-3-5-9-21)29-27(22)28(34)31-16-14-30(15-17-31)23-10-6-7-11-24(23)33/h3-13,18-19,33H,14-17H2,1-2H3. The second kappa shape index (κ2) is 10.0. The van der Waals surface area contributed by atoms with Crippen LogP contribution in [0.2, 0.25) is 0 Å². The lowest BCUT2D eigenvalue weighted by atomic mass is 10.0. The van der Waals surface area contributed by atoms with Crippen molar-refractivity contribution in [3.05, 3.63) is 84.7 Å². The summed E-state index contributed by atoms with van der Waals surface area (Å²) in [5.74, 6) is 1.31. The summed E-state index contributed by atoms with van der Waals surface area (Å²) < 4.78 is 12.6. The molecule has 8 nitrogen and oxygen atoms in total. The normalized spacial score (nSPS) is 13.5. The molecule has 0 aliphatic carbocycles. The van der Waals surface area contributed by atoms with E-state index >= 15 is 0 Å². The molecule has 4 aromatic rings. The number of phenolic OH excluding ortho intramolecular Hbond substituents is 1. The van der Waals surface area contributed by atoms with Crippen LogP contribution in [0.15, 0.2) is 79.0 Å². The summed E-state index contributed by atoms with van der Waals surface area (Å²) in [7, 11) is 3.18. The molecule has 1 fully saturated rings. The molecule has 1 aliphatic heterocycles. The van der Waals surface area contributed by atoms with Crippen LogP contribution in [0.5, 0.6) is 17.2 Å². The van der Waals surface area contributed by atoms with Gasteiger partial charge in [0.25, 0.3) is 5.91 Å². The van der Waals surface area contributed by atoms with Crippen molar-refractivity contribution in [3.8, 4) is 34.1 Å². The molecule has 36 heavy (non-hydrogen) atoms. The number of methoxy groups -OCH3 is 2. The number of para-hydroxylation sites is 3. The lowest BCUT2D eigenvalue weighted by Gasteiger charge is -2.36. The van der Waals surface area contributed by atoms with Gasteiger partial charge in [-0.1, -0.05) is 36.4 Å². The first-order valence-electron chi connectivity index (χ1n) is 11.8. The Hall–Kier alpha value is -4.46. The number of ether oxygens (including phenoxy) is 2. The number of amides is 1. The third-order valence-corrected chi connectivity index (χ3v) is 6.42. The number of piperazine rings is 1. The van der Waals surface area contributed by atoms with Crippen LogP contribution in [0.3, 0.4) is 0 Å². The summed E-state index contributed by atoms with van der Waals surface area (Å²) >= 11 is 0. The van der Waals surface area contributed by atoms with Gasteiger partial charge in [-0.05, 0) is 42.0 Å². The van der Waals surface area contributed by atoms with Crippen molar-refractivity contribution in [2.75, 3.05) is 45.3 Å². The number of aromatic hydroxyl groups is 1. The van der Waals surface area contributed by atoms with E-state index in [2.05, 4.69) is 4.90 Å². The molecule has 0 unspecified atom stereocenters. The second-order valence-corrected chi connectivity index (χ2v) is 8.51. The van der Waals surface area contributed by atoms with Crippen molar-refractivity contribution in [1.82, 2.24) is 14.7 Å². The quantitative estimate of drug-likeness (QED) is 0.441. The molecule has 184 valence electrons. The minimum atomic E-state index is -0.133. The molecule has 0 saturated carbocycles. The molecule has 0 atom stereocenters. The van der Waals surface area contributed by atoms with E-state index in [1.807, 2.05) is 71.8 Å². The van der Waals surface area contributed by atoms with Crippen molar-refractivity contribution in [2.45, 2.75) is 0 Å². The van der Waals surface area contributed by atoms with Gasteiger partial charge in [0.2, 0.25) is 0 Å². The number of benzene rings is 3. The van der Waals surface area contributed by atoms with Gasteiger partial charge in [0.1, 0.15) is 5.75 Å². The molecule has 1 N–H and O–H groups in total. The monoisotopic (exact) mass is 484 g/mol. The molecular formula is C28H28N4O4. The molecule has 5 rings (SSSR count). The average molecular weight is 485 g/mol. The van der Waals surface area contributed by atoms with Gasteiger partial charge >= 0.3 is 0 Å². The van der Waals surface area contributed by atoms with E-state index in [4.69, 9.17) is 14.6 Å². The zero-order valence-corrected chi connectivity index (χ0v) is 20.3. The summed E-state index contributed by atoms with van der Waals surface area (Å²) in [5, 5.41) is 14.9. The highest BCUT2D eigenvalue weighted by Gasteiger charge is 2.28. The maximum atomic E-state index is 13.8. The first kappa shape index (κ1) is 23.3. The maximum absolute atomic E-state index is 13.8. The summed E-state index contributed by atoms with van der Waals surface area (Å²) in [4.78, 5) is 17.7. The Labute approximate surface area is 209 Å². The topological polar surface area (TPSA) is 80.1 Å². The number of rotatable bonds is 6. The molecule has 1 aromatic heterocycles. The maximum Gasteiger partial charge on any atom is 0.275 e. The number of anilines is 1. The van der Waals surface area contributed by atoms with Gasteiger partial charge in [-0.25, -0.2) is 4.68 Å². The predicted octanol–water partition coefficient (Wildman–Crippen LogP) is 4.22. The number of phenols is 1. The van der Waals surface area contributed by atoms with Crippen molar-refractivity contribution >= 4 is 11.6 Å². The third kappa shape index (κ3) is 4.45. The second-order valence-electron chi connectivity index (χ2n) is 8.51. The van der Waals surface area contributed by atoms with E-state index in [1.165, 1.54) is 0 Å². The first-order valence-corrected chi connectivity index (χ1v) is 11.8. The SMILES string of the molecule is COc1ccc(-c2cn(-c3ccccc3)nc2C(=O)N2CCN(c3ccccc3O)CC2)cc1OC. The molecule has 1 saturated heterocycles. The zero-order chi connectivity index (χ0) is 25.1. The van der Waals surface area contributed by atoms with Gasteiger partial charge in [0.05, 0.1) is 25.6 Å². The van der Waals surface area contributed by atoms with E-state index < -0.39 is 0 Å². The number of carbonyl (C=O) groups excluding carboxylic acids is 1. The lowest BCUT2D eigenvalue weighted by molar-refractivity contribution is 0.0741. The van der Waals surface area contributed by atoms with Gasteiger partial charge in [-0.3, -0.25) is 4.79 Å². The Kier molecular flexibility index (Phi) is 6.49. The minimum absolute atomic E-state index is 0.133. The Morgan fingerprint density at radius 2 is 1.56 bits per heavy atom. The number of carbonyl (C=O) groups is 1. The van der Waals surface area contributed by atoms with Crippen LogP contribution in [0.4, 0.5) is 5.69 Å². The first-order chi connectivity index (χ1) is 17.6. The molecule has 1 amide bonds.